The van der Waals surface area contributed by atoms with Crippen molar-refractivity contribution in [2.24, 2.45) is 0 Å². The van der Waals surface area contributed by atoms with Gasteiger partial charge in [0, 0.05) is 31.2 Å². The van der Waals surface area contributed by atoms with Gasteiger partial charge in [-0.05, 0) is 51.7 Å². The zero-order valence-corrected chi connectivity index (χ0v) is 13.5. The lowest BCUT2D eigenvalue weighted by atomic mass is 10.0. The molecule has 3 heterocycles. The van der Waals surface area contributed by atoms with Crippen LogP contribution >= 0.6 is 0 Å². The molecule has 2 aromatic rings. The minimum Gasteiger partial charge on any atom is -0.423 e. The fraction of sp³-hybridized carbons (Fsp3) is 0.611. The second-order valence-corrected chi connectivity index (χ2v) is 6.93. The van der Waals surface area contributed by atoms with Crippen LogP contribution in [0.2, 0.25) is 0 Å². The molecule has 118 valence electrons. The summed E-state index contributed by atoms with van der Waals surface area (Å²) < 4.78 is 5.97. The maximum absolute atomic E-state index is 5.97. The van der Waals surface area contributed by atoms with E-state index in [-0.39, 0.29) is 0 Å². The van der Waals surface area contributed by atoms with Crippen LogP contribution in [0.5, 0.6) is 0 Å². The van der Waals surface area contributed by atoms with Crippen LogP contribution < -0.4 is 4.90 Å². The zero-order valence-electron chi connectivity index (χ0n) is 13.5. The van der Waals surface area contributed by atoms with Crippen molar-refractivity contribution >= 4 is 17.1 Å². The third-order valence-corrected chi connectivity index (χ3v) is 5.39. The van der Waals surface area contributed by atoms with Gasteiger partial charge in [0.25, 0.3) is 6.01 Å². The van der Waals surface area contributed by atoms with E-state index in [0.717, 1.165) is 30.2 Å². The molecular weight excluding hydrogens is 274 g/mol. The van der Waals surface area contributed by atoms with Gasteiger partial charge in [0.1, 0.15) is 5.52 Å². The number of likely N-dealkylation sites (tertiary alicyclic amines) is 1. The molecule has 1 aromatic carbocycles. The minimum atomic E-state index is 0.635. The highest BCUT2D eigenvalue weighted by atomic mass is 16.4. The van der Waals surface area contributed by atoms with Crippen LogP contribution in [0.15, 0.2) is 28.7 Å². The predicted octanol–water partition coefficient (Wildman–Crippen LogP) is 3.67. The lowest BCUT2D eigenvalue weighted by Gasteiger charge is -2.41. The van der Waals surface area contributed by atoms with E-state index in [4.69, 9.17) is 4.42 Å². The number of hydrogen-bond acceptors (Lipinski definition) is 4. The summed E-state index contributed by atoms with van der Waals surface area (Å²) in [7, 11) is 0. The summed E-state index contributed by atoms with van der Waals surface area (Å²) in [4.78, 5) is 9.75. The molecule has 4 nitrogen and oxygen atoms in total. The number of benzene rings is 1. The highest BCUT2D eigenvalue weighted by Gasteiger charge is 2.36. The first kappa shape index (κ1) is 14.1. The van der Waals surface area contributed by atoms with Gasteiger partial charge < -0.3 is 9.32 Å². The number of aromatic nitrogens is 1. The topological polar surface area (TPSA) is 32.5 Å². The molecule has 0 spiro atoms. The van der Waals surface area contributed by atoms with E-state index in [9.17, 15) is 0 Å². The molecule has 2 saturated heterocycles. The first-order chi connectivity index (χ1) is 10.7. The molecule has 0 amide bonds. The van der Waals surface area contributed by atoms with Gasteiger partial charge in [-0.3, -0.25) is 4.90 Å². The van der Waals surface area contributed by atoms with Crippen molar-refractivity contribution in [1.82, 2.24) is 9.88 Å². The smallest absolute Gasteiger partial charge is 0.298 e. The average Bonchev–Trinajstić information content (AvgIpc) is 3.11. The fourth-order valence-corrected chi connectivity index (χ4v) is 4.30. The number of hydrogen-bond donors (Lipinski definition) is 0. The van der Waals surface area contributed by atoms with E-state index >= 15 is 0 Å². The number of para-hydroxylation sites is 2. The molecule has 3 atom stereocenters. The lowest BCUT2D eigenvalue weighted by molar-refractivity contribution is 0.128. The molecule has 1 aromatic heterocycles. The van der Waals surface area contributed by atoms with Gasteiger partial charge in [-0.1, -0.05) is 12.1 Å². The van der Waals surface area contributed by atoms with Crippen LogP contribution in [-0.4, -0.2) is 41.1 Å². The summed E-state index contributed by atoms with van der Waals surface area (Å²) in [6.45, 7) is 6.85. The van der Waals surface area contributed by atoms with Gasteiger partial charge in [-0.25, -0.2) is 0 Å². The van der Waals surface area contributed by atoms with E-state index in [0.29, 0.717) is 18.1 Å². The Morgan fingerprint density at radius 2 is 1.86 bits per heavy atom. The summed E-state index contributed by atoms with van der Waals surface area (Å²) in [5, 5.41) is 0. The van der Waals surface area contributed by atoms with Gasteiger partial charge in [-0.2, -0.15) is 4.98 Å². The second-order valence-electron chi connectivity index (χ2n) is 6.93. The highest BCUT2D eigenvalue weighted by Crippen LogP contribution is 2.31. The monoisotopic (exact) mass is 299 g/mol. The Bertz CT molecular complexity index is 610. The van der Waals surface area contributed by atoms with E-state index in [1.54, 1.807) is 0 Å². The first-order valence-electron chi connectivity index (χ1n) is 8.60. The third-order valence-electron chi connectivity index (χ3n) is 5.39. The summed E-state index contributed by atoms with van der Waals surface area (Å²) in [5.74, 6) is 0. The Morgan fingerprint density at radius 3 is 2.64 bits per heavy atom. The van der Waals surface area contributed by atoms with Crippen LogP contribution in [0.25, 0.3) is 11.1 Å². The van der Waals surface area contributed by atoms with Crippen LogP contribution in [0.3, 0.4) is 0 Å². The Morgan fingerprint density at radius 1 is 1.09 bits per heavy atom. The van der Waals surface area contributed by atoms with Gasteiger partial charge in [0.15, 0.2) is 5.58 Å². The van der Waals surface area contributed by atoms with Crippen LogP contribution in [-0.2, 0) is 0 Å². The number of anilines is 1. The highest BCUT2D eigenvalue weighted by molar-refractivity contribution is 5.74. The molecule has 4 heteroatoms. The molecule has 2 aliphatic heterocycles. The minimum absolute atomic E-state index is 0.635. The molecule has 0 aliphatic carbocycles. The Kier molecular flexibility index (Phi) is 3.57. The average molecular weight is 299 g/mol. The maximum atomic E-state index is 5.97. The molecule has 0 saturated carbocycles. The lowest BCUT2D eigenvalue weighted by Crippen LogP contribution is -2.51. The number of fused-ring (bicyclic) bond motifs is 1. The molecular formula is C18H25N3O. The molecule has 0 radical (unpaired) electrons. The van der Waals surface area contributed by atoms with E-state index < -0.39 is 0 Å². The van der Waals surface area contributed by atoms with Gasteiger partial charge in [0.2, 0.25) is 0 Å². The molecule has 22 heavy (non-hydrogen) atoms. The summed E-state index contributed by atoms with van der Waals surface area (Å²) in [6, 6.07) is 10.9. The second kappa shape index (κ2) is 5.58. The Hall–Kier alpha value is -1.55. The quantitative estimate of drug-likeness (QED) is 0.847. The number of oxazole rings is 1. The SMILES string of the molecule is C[C@@H]1CC[C@H](C)N1[C@@H]1CCCN(c2nc3ccccc3o2)C1. The fourth-order valence-electron chi connectivity index (χ4n) is 4.30. The molecule has 2 aliphatic rings. The van der Waals surface area contributed by atoms with E-state index in [1.165, 1.54) is 25.7 Å². The van der Waals surface area contributed by atoms with Crippen molar-refractivity contribution < 1.29 is 4.42 Å². The van der Waals surface area contributed by atoms with Gasteiger partial charge in [-0.15, -0.1) is 0 Å². The van der Waals surface area contributed by atoms with Crippen LogP contribution in [0, 0.1) is 0 Å². The van der Waals surface area contributed by atoms with E-state index in [2.05, 4.69) is 28.6 Å². The van der Waals surface area contributed by atoms with Gasteiger partial charge >= 0.3 is 0 Å². The Balaban J connectivity index is 1.55. The molecule has 0 unspecified atom stereocenters. The molecule has 0 bridgehead atoms. The normalized spacial score (nSPS) is 30.3. The van der Waals surface area contributed by atoms with Crippen molar-refractivity contribution in [2.45, 2.75) is 57.7 Å². The third kappa shape index (κ3) is 2.39. The molecule has 4 rings (SSSR count). The largest absolute Gasteiger partial charge is 0.423 e. The summed E-state index contributed by atoms with van der Waals surface area (Å²) in [5.41, 5.74) is 1.85. The van der Waals surface area contributed by atoms with E-state index in [1.807, 2.05) is 24.3 Å². The van der Waals surface area contributed by atoms with Crippen LogP contribution in [0.1, 0.15) is 39.5 Å². The van der Waals surface area contributed by atoms with Crippen molar-refractivity contribution in [3.63, 3.8) is 0 Å². The van der Waals surface area contributed by atoms with Crippen molar-refractivity contribution in [1.29, 1.82) is 0 Å². The van der Waals surface area contributed by atoms with Crippen LogP contribution in [0.4, 0.5) is 6.01 Å². The number of nitrogens with zero attached hydrogens (tertiary/aromatic N) is 3. The van der Waals surface area contributed by atoms with Gasteiger partial charge in [0.05, 0.1) is 0 Å². The first-order valence-corrected chi connectivity index (χ1v) is 8.60. The zero-order chi connectivity index (χ0) is 15.1. The van der Waals surface area contributed by atoms with Crippen molar-refractivity contribution in [2.75, 3.05) is 18.0 Å². The van der Waals surface area contributed by atoms with Crippen molar-refractivity contribution in [3.05, 3.63) is 24.3 Å². The summed E-state index contributed by atoms with van der Waals surface area (Å²) in [6.07, 6.45) is 5.19. The molecule has 0 N–H and O–H groups in total. The number of rotatable bonds is 2. The Labute approximate surface area is 132 Å². The standard InChI is InChI=1S/C18H25N3O/c1-13-9-10-14(2)21(13)15-6-5-11-20(12-15)18-19-16-7-3-4-8-17(16)22-18/h3-4,7-8,13-15H,5-6,9-12H2,1-2H3/t13-,14+,15-/m1/s1. The number of piperidine rings is 1. The summed E-state index contributed by atoms with van der Waals surface area (Å²) >= 11 is 0. The maximum Gasteiger partial charge on any atom is 0.298 e. The predicted molar refractivity (Wildman–Crippen MR) is 89.2 cm³/mol. The molecule has 2 fully saturated rings. The van der Waals surface area contributed by atoms with Crippen molar-refractivity contribution in [3.8, 4) is 0 Å².